The van der Waals surface area contributed by atoms with Crippen molar-refractivity contribution in [1.82, 2.24) is 19.4 Å². The predicted octanol–water partition coefficient (Wildman–Crippen LogP) is 5.96. The Balaban J connectivity index is 1.63. The number of hydrogen-bond acceptors (Lipinski definition) is 6. The first-order chi connectivity index (χ1) is 19.1. The molecule has 1 aromatic carbocycles. The van der Waals surface area contributed by atoms with Gasteiger partial charge in [0.05, 0.1) is 23.2 Å². The third kappa shape index (κ3) is 5.86. The van der Waals surface area contributed by atoms with Crippen LogP contribution in [0.4, 0.5) is 23.8 Å². The highest BCUT2D eigenvalue weighted by molar-refractivity contribution is 8.36. The van der Waals surface area contributed by atoms with E-state index in [9.17, 15) is 22.8 Å². The molecule has 0 radical (unpaired) electrons. The van der Waals surface area contributed by atoms with E-state index in [1.807, 2.05) is 26.0 Å². The molecule has 1 unspecified atom stereocenters. The number of aromatic nitrogens is 3. The van der Waals surface area contributed by atoms with Gasteiger partial charge in [0.15, 0.2) is 0 Å². The Hall–Kier alpha value is -2.99. The summed E-state index contributed by atoms with van der Waals surface area (Å²) in [5, 5.41) is 0.225. The normalized spacial score (nSPS) is 24.3. The van der Waals surface area contributed by atoms with Gasteiger partial charge in [-0.1, -0.05) is 10.7 Å². The number of pyridine rings is 1. The van der Waals surface area contributed by atoms with Gasteiger partial charge >= 0.3 is 18.0 Å². The number of alkyl halides is 3. The Labute approximate surface area is 243 Å². The molecule has 5 rings (SSSR count). The van der Waals surface area contributed by atoms with E-state index in [2.05, 4.69) is 9.97 Å². The van der Waals surface area contributed by atoms with Crippen LogP contribution < -0.4 is 10.6 Å². The number of anilines is 1. The topological polar surface area (TPSA) is 80.6 Å². The van der Waals surface area contributed by atoms with Gasteiger partial charge in [-0.25, -0.2) is 9.59 Å². The molecule has 0 N–H and O–H groups in total. The van der Waals surface area contributed by atoms with Crippen molar-refractivity contribution in [3.05, 3.63) is 58.3 Å². The number of hydrogen-bond donors (Lipinski definition) is 1. The molecule has 41 heavy (non-hydrogen) atoms. The summed E-state index contributed by atoms with van der Waals surface area (Å²) in [6.07, 6.45) is -1.80. The van der Waals surface area contributed by atoms with Crippen molar-refractivity contribution in [3.63, 3.8) is 0 Å². The highest BCUT2D eigenvalue weighted by atomic mass is 35.7. The Morgan fingerprint density at radius 2 is 1.71 bits per heavy atom. The fourth-order valence-electron chi connectivity index (χ4n) is 5.73. The molecule has 222 valence electrons. The van der Waals surface area contributed by atoms with E-state index in [4.69, 9.17) is 15.4 Å². The molecule has 4 heterocycles. The van der Waals surface area contributed by atoms with Crippen molar-refractivity contribution in [2.75, 3.05) is 23.7 Å². The summed E-state index contributed by atoms with van der Waals surface area (Å²) in [5.74, 6) is 0.365. The summed E-state index contributed by atoms with van der Waals surface area (Å²) in [7, 11) is 5.34. The SMILES string of the molecule is C[C@@H]1CN(c2nc(=O)n3c4c(cc(C(F)(F)F)cc24)[SH](Cl)C[C@@H](c2ccncc2)C3)C[C@H](C)N1C(=O)OC(C)(C)C. The van der Waals surface area contributed by atoms with E-state index >= 15 is 0 Å². The number of carbonyl (C=O) groups is 1. The third-order valence-corrected chi connectivity index (χ3v) is 9.99. The second kappa shape index (κ2) is 10.7. The Kier molecular flexibility index (Phi) is 7.69. The van der Waals surface area contributed by atoms with Crippen molar-refractivity contribution in [2.24, 2.45) is 0 Å². The first kappa shape index (κ1) is 29.5. The molecule has 0 aliphatic carbocycles. The van der Waals surface area contributed by atoms with Crippen molar-refractivity contribution in [3.8, 4) is 0 Å². The van der Waals surface area contributed by atoms with Crippen LogP contribution in [0.15, 0.2) is 46.3 Å². The van der Waals surface area contributed by atoms with Crippen LogP contribution in [0.3, 0.4) is 0 Å². The minimum absolute atomic E-state index is 0.165. The number of carbonyl (C=O) groups excluding carboxylic acids is 1. The minimum atomic E-state index is -4.62. The van der Waals surface area contributed by atoms with Crippen molar-refractivity contribution in [2.45, 2.75) is 75.8 Å². The zero-order valence-corrected chi connectivity index (χ0v) is 25.1. The van der Waals surface area contributed by atoms with Gasteiger partial charge in [0.1, 0.15) is 11.4 Å². The predicted molar refractivity (Wildman–Crippen MR) is 155 cm³/mol. The van der Waals surface area contributed by atoms with Gasteiger partial charge in [-0.15, -0.1) is 10.1 Å². The molecule has 0 saturated carbocycles. The second-order valence-electron chi connectivity index (χ2n) is 11.7. The van der Waals surface area contributed by atoms with Crippen LogP contribution in [0, 0.1) is 0 Å². The molecule has 3 aromatic rings. The van der Waals surface area contributed by atoms with E-state index in [1.54, 1.807) is 43.0 Å². The second-order valence-corrected chi connectivity index (χ2v) is 14.5. The Morgan fingerprint density at radius 1 is 1.07 bits per heavy atom. The fourth-order valence-corrected chi connectivity index (χ4v) is 8.27. The quantitative estimate of drug-likeness (QED) is 0.361. The number of rotatable bonds is 2. The molecule has 1 fully saturated rings. The minimum Gasteiger partial charge on any atom is -0.444 e. The maximum atomic E-state index is 14.2. The molecule has 2 aromatic heterocycles. The van der Waals surface area contributed by atoms with Crippen molar-refractivity contribution >= 4 is 43.6 Å². The molecule has 0 spiro atoms. The van der Waals surface area contributed by atoms with Crippen LogP contribution in [0.2, 0.25) is 0 Å². The molecule has 2 aliphatic rings. The average molecular weight is 612 g/mol. The lowest BCUT2D eigenvalue weighted by Gasteiger charge is -2.45. The van der Waals surface area contributed by atoms with Crippen LogP contribution in [-0.2, 0) is 17.5 Å². The molecule has 2 aliphatic heterocycles. The molecular weight excluding hydrogens is 579 g/mol. The first-order valence-electron chi connectivity index (χ1n) is 13.4. The lowest BCUT2D eigenvalue weighted by molar-refractivity contribution is -0.137. The number of piperazine rings is 1. The first-order valence-corrected chi connectivity index (χ1v) is 15.8. The average Bonchev–Trinajstić information content (AvgIpc) is 3.02. The van der Waals surface area contributed by atoms with Gasteiger partial charge < -0.3 is 9.64 Å². The molecule has 0 bridgehead atoms. The van der Waals surface area contributed by atoms with Crippen molar-refractivity contribution < 1.29 is 22.7 Å². The summed E-state index contributed by atoms with van der Waals surface area (Å²) in [6, 6.07) is 5.11. The zero-order valence-electron chi connectivity index (χ0n) is 23.4. The molecular formula is C28H33ClF3N5O3S. The number of amides is 1. The van der Waals surface area contributed by atoms with Gasteiger partial charge in [0, 0.05) is 54.0 Å². The summed E-state index contributed by atoms with van der Waals surface area (Å²) in [5.41, 5.74) is -0.773. The van der Waals surface area contributed by atoms with Gasteiger partial charge in [-0.2, -0.15) is 18.2 Å². The van der Waals surface area contributed by atoms with Crippen LogP contribution >= 0.6 is 20.8 Å². The molecule has 1 amide bonds. The van der Waals surface area contributed by atoms with Crippen molar-refractivity contribution in [1.29, 1.82) is 0 Å². The highest BCUT2D eigenvalue weighted by Gasteiger charge is 2.39. The fraction of sp³-hybridized carbons (Fsp3) is 0.500. The summed E-state index contributed by atoms with van der Waals surface area (Å²) < 4.78 is 49.6. The highest BCUT2D eigenvalue weighted by Crippen LogP contribution is 2.52. The molecule has 4 atom stereocenters. The maximum absolute atomic E-state index is 14.2. The van der Waals surface area contributed by atoms with Gasteiger partial charge in [0.25, 0.3) is 0 Å². The lowest BCUT2D eigenvalue weighted by atomic mass is 10.0. The monoisotopic (exact) mass is 611 g/mol. The van der Waals surface area contributed by atoms with E-state index < -0.39 is 39.2 Å². The van der Waals surface area contributed by atoms with E-state index in [0.717, 1.165) is 17.7 Å². The zero-order chi connectivity index (χ0) is 29.9. The standard InChI is InChI=1S/C28H33ClF3N5O3S/c1-16-12-35(13-17(2)37(16)26(39)40-27(3,4)5)24-21-10-20(28(30,31)32)11-22-23(21)36(25(38)34-24)14-19(15-41(22)29)18-6-8-33-9-7-18/h6-11,16-17,19,41H,12-15H2,1-5H3/t16-,17+,19-/m0/s1. The summed E-state index contributed by atoms with van der Waals surface area (Å²) >= 11 is 0. The smallest absolute Gasteiger partial charge is 0.416 e. The van der Waals surface area contributed by atoms with Crippen LogP contribution in [0.1, 0.15) is 51.7 Å². The molecule has 13 heteroatoms. The number of nitrogens with zero attached hydrogens (tertiary/aromatic N) is 5. The molecule has 1 saturated heterocycles. The van der Waals surface area contributed by atoms with Crippen LogP contribution in [0.25, 0.3) is 10.9 Å². The Morgan fingerprint density at radius 3 is 2.29 bits per heavy atom. The van der Waals surface area contributed by atoms with Gasteiger partial charge in [-0.05, 0) is 64.4 Å². The number of ether oxygens (including phenoxy) is 1. The van der Waals surface area contributed by atoms with Crippen LogP contribution in [-0.4, -0.2) is 62.1 Å². The third-order valence-electron chi connectivity index (χ3n) is 7.41. The Bertz CT molecular complexity index is 1520. The summed E-state index contributed by atoms with van der Waals surface area (Å²) in [6.45, 7) is 9.79. The largest absolute Gasteiger partial charge is 0.444 e. The number of halogens is 4. The number of thiol groups is 1. The van der Waals surface area contributed by atoms with Gasteiger partial charge in [-0.3, -0.25) is 14.5 Å². The number of benzene rings is 1. The van der Waals surface area contributed by atoms with Crippen LogP contribution in [0.5, 0.6) is 0 Å². The molecule has 8 nitrogen and oxygen atoms in total. The maximum Gasteiger partial charge on any atom is 0.416 e. The van der Waals surface area contributed by atoms with E-state index in [-0.39, 0.29) is 48.8 Å². The van der Waals surface area contributed by atoms with E-state index in [1.165, 1.54) is 4.57 Å². The van der Waals surface area contributed by atoms with E-state index in [0.29, 0.717) is 16.2 Å². The van der Waals surface area contributed by atoms with Gasteiger partial charge in [0.2, 0.25) is 0 Å². The summed E-state index contributed by atoms with van der Waals surface area (Å²) in [4.78, 5) is 38.7. The lowest BCUT2D eigenvalue weighted by Crippen LogP contribution is -2.59.